The van der Waals surface area contributed by atoms with Crippen LogP contribution in [0.4, 0.5) is 0 Å². The molecule has 1 rings (SSSR count). The molecule has 1 N–H and O–H groups in total. The van der Waals surface area contributed by atoms with E-state index in [9.17, 15) is 4.79 Å². The van der Waals surface area contributed by atoms with Gasteiger partial charge in [0, 0.05) is 5.02 Å². The zero-order valence-corrected chi connectivity index (χ0v) is 9.66. The Morgan fingerprint density at radius 1 is 1.33 bits per heavy atom. The number of hydrogen-bond acceptors (Lipinski definition) is 1. The number of benzene rings is 1. The van der Waals surface area contributed by atoms with Crippen LogP contribution in [-0.2, 0) is 11.2 Å². The average molecular weight is 227 g/mol. The molecule has 0 saturated heterocycles. The van der Waals surface area contributed by atoms with E-state index >= 15 is 0 Å². The molecule has 15 heavy (non-hydrogen) atoms. The van der Waals surface area contributed by atoms with Crippen molar-refractivity contribution in [1.82, 2.24) is 0 Å². The molecule has 0 aliphatic heterocycles. The normalized spacial score (nSPS) is 12.8. The van der Waals surface area contributed by atoms with Gasteiger partial charge >= 0.3 is 5.97 Å². The van der Waals surface area contributed by atoms with Crippen LogP contribution in [-0.4, -0.2) is 11.1 Å². The van der Waals surface area contributed by atoms with E-state index in [0.717, 1.165) is 5.56 Å². The molecule has 1 unspecified atom stereocenters. The first-order chi connectivity index (χ1) is 7.00. The predicted molar refractivity (Wildman–Crippen MR) is 61.1 cm³/mol. The molecule has 0 aliphatic carbocycles. The summed E-state index contributed by atoms with van der Waals surface area (Å²) in [5.41, 5.74) is 1.01. The van der Waals surface area contributed by atoms with E-state index in [1.54, 1.807) is 12.1 Å². The van der Waals surface area contributed by atoms with Crippen molar-refractivity contribution in [3.63, 3.8) is 0 Å². The van der Waals surface area contributed by atoms with Crippen LogP contribution in [0.15, 0.2) is 24.3 Å². The van der Waals surface area contributed by atoms with Gasteiger partial charge in [-0.15, -0.1) is 0 Å². The fourth-order valence-corrected chi connectivity index (χ4v) is 1.61. The number of carbonyl (C=O) groups is 1. The van der Waals surface area contributed by atoms with Gasteiger partial charge in [0.2, 0.25) is 0 Å². The Kier molecular flexibility index (Phi) is 4.15. The first-order valence-corrected chi connectivity index (χ1v) is 5.35. The Morgan fingerprint density at radius 2 is 1.87 bits per heavy atom. The lowest BCUT2D eigenvalue weighted by molar-refractivity contribution is -0.143. The second-order valence-electron chi connectivity index (χ2n) is 4.02. The number of hydrogen-bond donors (Lipinski definition) is 1. The number of carboxylic acid groups (broad SMARTS) is 1. The van der Waals surface area contributed by atoms with Crippen LogP contribution in [0.1, 0.15) is 19.4 Å². The van der Waals surface area contributed by atoms with Crippen molar-refractivity contribution in [2.45, 2.75) is 20.3 Å². The van der Waals surface area contributed by atoms with E-state index in [-0.39, 0.29) is 11.8 Å². The third kappa shape index (κ3) is 3.56. The minimum Gasteiger partial charge on any atom is -0.481 e. The molecule has 0 bridgehead atoms. The summed E-state index contributed by atoms with van der Waals surface area (Å²) in [4.78, 5) is 11.0. The summed E-state index contributed by atoms with van der Waals surface area (Å²) in [5.74, 6) is -0.927. The van der Waals surface area contributed by atoms with Crippen molar-refractivity contribution < 1.29 is 9.90 Å². The lowest BCUT2D eigenvalue weighted by Crippen LogP contribution is -2.22. The number of halogens is 1. The molecule has 0 radical (unpaired) electrons. The molecular formula is C12H15ClO2. The maximum Gasteiger partial charge on any atom is 0.307 e. The fourth-order valence-electron chi connectivity index (χ4n) is 1.48. The first kappa shape index (κ1) is 12.1. The molecule has 1 aromatic rings. The maximum absolute atomic E-state index is 11.0. The highest BCUT2D eigenvalue weighted by Gasteiger charge is 2.21. The third-order valence-corrected chi connectivity index (χ3v) is 2.74. The molecule has 1 aromatic carbocycles. The lowest BCUT2D eigenvalue weighted by atomic mass is 9.89. The fraction of sp³-hybridized carbons (Fsp3) is 0.417. The van der Waals surface area contributed by atoms with Gasteiger partial charge < -0.3 is 5.11 Å². The molecular weight excluding hydrogens is 212 g/mol. The quantitative estimate of drug-likeness (QED) is 0.856. The Balaban J connectivity index is 2.74. The highest BCUT2D eigenvalue weighted by molar-refractivity contribution is 6.30. The first-order valence-electron chi connectivity index (χ1n) is 4.98. The number of aliphatic carboxylic acids is 1. The minimum absolute atomic E-state index is 0.137. The molecule has 0 spiro atoms. The lowest BCUT2D eigenvalue weighted by Gasteiger charge is -2.15. The van der Waals surface area contributed by atoms with E-state index in [0.29, 0.717) is 11.4 Å². The van der Waals surface area contributed by atoms with E-state index in [4.69, 9.17) is 16.7 Å². The van der Waals surface area contributed by atoms with Crippen molar-refractivity contribution in [3.05, 3.63) is 34.9 Å². The largest absolute Gasteiger partial charge is 0.481 e. The van der Waals surface area contributed by atoms with Gasteiger partial charge in [-0.1, -0.05) is 37.6 Å². The van der Waals surface area contributed by atoms with Gasteiger partial charge in [0.25, 0.3) is 0 Å². The van der Waals surface area contributed by atoms with E-state index < -0.39 is 5.97 Å². The van der Waals surface area contributed by atoms with Crippen molar-refractivity contribution in [2.24, 2.45) is 11.8 Å². The number of carboxylic acids is 1. The van der Waals surface area contributed by atoms with E-state index in [2.05, 4.69) is 0 Å². The van der Waals surface area contributed by atoms with Gasteiger partial charge in [0.15, 0.2) is 0 Å². The van der Waals surface area contributed by atoms with Gasteiger partial charge in [-0.25, -0.2) is 0 Å². The van der Waals surface area contributed by atoms with Crippen LogP contribution in [0, 0.1) is 11.8 Å². The molecule has 0 aliphatic rings. The highest BCUT2D eigenvalue weighted by atomic mass is 35.5. The van der Waals surface area contributed by atoms with Crippen LogP contribution in [0.5, 0.6) is 0 Å². The minimum atomic E-state index is -0.736. The Bertz CT molecular complexity index is 330. The smallest absolute Gasteiger partial charge is 0.307 e. The molecule has 82 valence electrons. The monoisotopic (exact) mass is 226 g/mol. The summed E-state index contributed by atoms with van der Waals surface area (Å²) in [7, 11) is 0. The second kappa shape index (κ2) is 5.17. The van der Waals surface area contributed by atoms with Gasteiger partial charge in [0.1, 0.15) is 0 Å². The van der Waals surface area contributed by atoms with Gasteiger partial charge in [0.05, 0.1) is 5.92 Å². The van der Waals surface area contributed by atoms with Crippen molar-refractivity contribution in [3.8, 4) is 0 Å². The Hall–Kier alpha value is -1.02. The van der Waals surface area contributed by atoms with Crippen LogP contribution in [0.25, 0.3) is 0 Å². The third-order valence-electron chi connectivity index (χ3n) is 2.49. The van der Waals surface area contributed by atoms with Crippen molar-refractivity contribution >= 4 is 17.6 Å². The summed E-state index contributed by atoms with van der Waals surface area (Å²) in [6.07, 6.45) is 0.560. The molecule has 3 heteroatoms. The summed E-state index contributed by atoms with van der Waals surface area (Å²) in [6.45, 7) is 3.85. The van der Waals surface area contributed by atoms with Crippen molar-refractivity contribution in [1.29, 1.82) is 0 Å². The average Bonchev–Trinajstić information content (AvgIpc) is 2.15. The molecule has 0 fully saturated rings. The van der Waals surface area contributed by atoms with Gasteiger partial charge in [-0.05, 0) is 30.0 Å². The van der Waals surface area contributed by atoms with Crippen LogP contribution in [0.3, 0.4) is 0 Å². The maximum atomic E-state index is 11.0. The predicted octanol–water partition coefficient (Wildman–Crippen LogP) is 3.24. The standard InChI is InChI=1S/C12H15ClO2/c1-8(2)11(12(14)15)7-9-3-5-10(13)6-4-9/h3-6,8,11H,7H2,1-2H3,(H,14,15). The van der Waals surface area contributed by atoms with Crippen LogP contribution < -0.4 is 0 Å². The Morgan fingerprint density at radius 3 is 2.27 bits per heavy atom. The number of rotatable bonds is 4. The SMILES string of the molecule is CC(C)C(Cc1ccc(Cl)cc1)C(=O)O. The van der Waals surface area contributed by atoms with Crippen LogP contribution >= 0.6 is 11.6 Å². The van der Waals surface area contributed by atoms with Gasteiger partial charge in [-0.3, -0.25) is 4.79 Å². The van der Waals surface area contributed by atoms with Gasteiger partial charge in [-0.2, -0.15) is 0 Å². The van der Waals surface area contributed by atoms with Crippen molar-refractivity contribution in [2.75, 3.05) is 0 Å². The molecule has 0 heterocycles. The zero-order valence-electron chi connectivity index (χ0n) is 8.90. The second-order valence-corrected chi connectivity index (χ2v) is 4.46. The molecule has 0 aromatic heterocycles. The molecule has 1 atom stereocenters. The topological polar surface area (TPSA) is 37.3 Å². The summed E-state index contributed by atoms with van der Waals surface area (Å²) in [6, 6.07) is 7.33. The summed E-state index contributed by atoms with van der Waals surface area (Å²) >= 11 is 5.76. The molecule has 2 nitrogen and oxygen atoms in total. The molecule has 0 amide bonds. The molecule has 0 saturated carbocycles. The summed E-state index contributed by atoms with van der Waals surface area (Å²) < 4.78 is 0. The Labute approximate surface area is 94.9 Å². The van der Waals surface area contributed by atoms with E-state index in [1.807, 2.05) is 26.0 Å². The zero-order chi connectivity index (χ0) is 11.4. The van der Waals surface area contributed by atoms with E-state index in [1.165, 1.54) is 0 Å². The van der Waals surface area contributed by atoms with Crippen LogP contribution in [0.2, 0.25) is 5.02 Å². The highest BCUT2D eigenvalue weighted by Crippen LogP contribution is 2.19. The summed E-state index contributed by atoms with van der Waals surface area (Å²) in [5, 5.41) is 9.71.